The summed E-state index contributed by atoms with van der Waals surface area (Å²) in [5, 5.41) is 9.58. The number of ether oxygens (including phenoxy) is 1. The lowest BCUT2D eigenvalue weighted by Crippen LogP contribution is -2.22. The predicted molar refractivity (Wildman–Crippen MR) is 160 cm³/mol. The molecule has 0 aliphatic heterocycles. The number of aryl methyl sites for hydroxylation is 1. The van der Waals surface area contributed by atoms with Crippen molar-refractivity contribution in [3.8, 4) is 0 Å². The van der Waals surface area contributed by atoms with Crippen molar-refractivity contribution in [3.63, 3.8) is 0 Å². The van der Waals surface area contributed by atoms with Crippen molar-refractivity contribution < 1.29 is 19.4 Å². The Kier molecular flexibility index (Phi) is 16.3. The van der Waals surface area contributed by atoms with E-state index in [-0.39, 0.29) is 11.8 Å². The molecule has 2 unspecified atom stereocenters. The van der Waals surface area contributed by atoms with Gasteiger partial charge in [-0.15, -0.1) is 0 Å². The Morgan fingerprint density at radius 1 is 1.26 bits per heavy atom. The van der Waals surface area contributed by atoms with Crippen molar-refractivity contribution in [1.29, 1.82) is 0 Å². The van der Waals surface area contributed by atoms with Crippen molar-refractivity contribution in [3.05, 3.63) is 71.2 Å². The summed E-state index contributed by atoms with van der Waals surface area (Å²) < 4.78 is 6.85. The van der Waals surface area contributed by atoms with E-state index < -0.39 is 5.97 Å². The fraction of sp³-hybridized carbons (Fsp3) is 0.531. The molecule has 2 aliphatic carbocycles. The summed E-state index contributed by atoms with van der Waals surface area (Å²) in [6.45, 7) is 10.9. The molecule has 0 spiro atoms. The Bertz CT molecular complexity index is 1060. The number of carbonyl (C=O) groups excluding carboxylic acids is 1. The second kappa shape index (κ2) is 18.8. The molecule has 2 atom stereocenters. The summed E-state index contributed by atoms with van der Waals surface area (Å²) in [4.78, 5) is 27.5. The molecule has 1 saturated carbocycles. The average Bonchev–Trinajstić information content (AvgIpc) is 3.47. The van der Waals surface area contributed by atoms with Crippen molar-refractivity contribution >= 4 is 17.8 Å². The number of carboxylic acids is 1. The number of methoxy groups -OCH3 is 1. The van der Waals surface area contributed by atoms with Gasteiger partial charge in [-0.3, -0.25) is 9.59 Å². The monoisotopic (exact) mass is 539 g/mol. The third kappa shape index (κ3) is 10.7. The minimum atomic E-state index is -0.704. The van der Waals surface area contributed by atoms with Crippen LogP contribution in [0.15, 0.2) is 59.7 Å². The van der Waals surface area contributed by atoms with Crippen LogP contribution in [0, 0.1) is 11.8 Å². The van der Waals surface area contributed by atoms with Gasteiger partial charge in [0, 0.05) is 12.7 Å². The molecular weight excluding hydrogens is 490 g/mol. The first-order valence-electron chi connectivity index (χ1n) is 14.2. The average molecular weight is 540 g/mol. The number of imidazole rings is 1. The zero-order valence-corrected chi connectivity index (χ0v) is 24.8. The van der Waals surface area contributed by atoms with Gasteiger partial charge in [0.1, 0.15) is 11.5 Å². The van der Waals surface area contributed by atoms with Gasteiger partial charge in [-0.25, -0.2) is 4.98 Å². The number of hydrogen-bond donors (Lipinski definition) is 2. The maximum Gasteiger partial charge on any atom is 0.307 e. The molecule has 3 N–H and O–H groups in total. The summed E-state index contributed by atoms with van der Waals surface area (Å²) in [7, 11) is 1.66. The molecule has 39 heavy (non-hydrogen) atoms. The van der Waals surface area contributed by atoms with Crippen molar-refractivity contribution in [2.45, 2.75) is 92.5 Å². The highest BCUT2D eigenvalue weighted by molar-refractivity contribution is 5.75. The number of hydrogen-bond acceptors (Lipinski definition) is 5. The van der Waals surface area contributed by atoms with Crippen LogP contribution in [-0.2, 0) is 16.1 Å². The summed E-state index contributed by atoms with van der Waals surface area (Å²) in [6, 6.07) is 0. The van der Waals surface area contributed by atoms with Crippen LogP contribution in [0.2, 0.25) is 0 Å². The van der Waals surface area contributed by atoms with Gasteiger partial charge < -0.3 is 20.1 Å². The van der Waals surface area contributed by atoms with E-state index in [1.165, 1.54) is 11.1 Å². The third-order valence-electron chi connectivity index (χ3n) is 7.08. The maximum absolute atomic E-state index is 11.7. The maximum atomic E-state index is 11.7. The van der Waals surface area contributed by atoms with Crippen molar-refractivity contribution in [1.82, 2.24) is 9.55 Å². The number of fused-ring (bicyclic) bond motifs is 1. The second-order valence-corrected chi connectivity index (χ2v) is 9.69. The van der Waals surface area contributed by atoms with E-state index in [4.69, 9.17) is 10.5 Å². The van der Waals surface area contributed by atoms with Crippen LogP contribution in [0.1, 0.15) is 102 Å². The van der Waals surface area contributed by atoms with E-state index in [0.29, 0.717) is 12.1 Å². The normalized spacial score (nSPS) is 17.3. The van der Waals surface area contributed by atoms with Crippen LogP contribution in [0.3, 0.4) is 0 Å². The van der Waals surface area contributed by atoms with Crippen molar-refractivity contribution in [2.75, 3.05) is 7.11 Å². The summed E-state index contributed by atoms with van der Waals surface area (Å²) in [5.74, 6) is 0.873. The number of carbonyl (C=O) groups is 2. The van der Waals surface area contributed by atoms with Crippen LogP contribution >= 0.6 is 0 Å². The highest BCUT2D eigenvalue weighted by Crippen LogP contribution is 2.43. The lowest BCUT2D eigenvalue weighted by atomic mass is 9.85. The lowest BCUT2D eigenvalue weighted by Gasteiger charge is -2.19. The molecule has 0 bridgehead atoms. The highest BCUT2D eigenvalue weighted by atomic mass is 16.5. The standard InChI is InChI=1S/C23H30N2O3.C5H10O.C4H9N/c1-3-5-6-13-25-14-18(15-26)24-22(25)17-8-7-16-9-12-21(20(16)11-10-17)19(4-2)23(27)28;1-4-5(2)6-3;1-2-3-4-5/h7,10-11,14-15,19,21H,3-6,8-9,12-13H2,1-2H3,(H,27,28);4H,1-3H3;3-4H,2,5H2,1H3/b;5-4+;4-3+. The Morgan fingerprint density at radius 3 is 2.49 bits per heavy atom. The molecular formula is C32H49N3O4. The first-order chi connectivity index (χ1) is 18.8. The molecule has 0 amide bonds. The molecule has 2 aliphatic rings. The van der Waals surface area contributed by atoms with E-state index in [9.17, 15) is 14.7 Å². The largest absolute Gasteiger partial charge is 0.502 e. The van der Waals surface area contributed by atoms with Gasteiger partial charge in [-0.05, 0) is 81.2 Å². The molecule has 216 valence electrons. The smallest absolute Gasteiger partial charge is 0.307 e. The number of rotatable bonds is 11. The van der Waals surface area contributed by atoms with Gasteiger partial charge in [0.05, 0.1) is 18.8 Å². The van der Waals surface area contributed by atoms with Crippen molar-refractivity contribution in [2.24, 2.45) is 17.6 Å². The highest BCUT2D eigenvalue weighted by Gasteiger charge is 2.35. The first kappa shape index (κ1) is 33.7. The summed E-state index contributed by atoms with van der Waals surface area (Å²) in [5.41, 5.74) is 8.95. The fourth-order valence-corrected chi connectivity index (χ4v) is 4.71. The number of carboxylic acid groups (broad SMARTS) is 1. The van der Waals surface area contributed by atoms with E-state index in [0.717, 1.165) is 74.9 Å². The molecule has 1 fully saturated rings. The zero-order chi connectivity index (χ0) is 29.2. The summed E-state index contributed by atoms with van der Waals surface area (Å²) >= 11 is 0. The van der Waals surface area contributed by atoms with Crippen LogP contribution in [0.4, 0.5) is 0 Å². The molecule has 1 aromatic rings. The Hall–Kier alpha value is -3.35. The van der Waals surface area contributed by atoms with Gasteiger partial charge in [0.15, 0.2) is 6.29 Å². The second-order valence-electron chi connectivity index (χ2n) is 9.69. The Morgan fingerprint density at radius 2 is 2.00 bits per heavy atom. The molecule has 1 aromatic heterocycles. The molecule has 7 heteroatoms. The van der Waals surface area contributed by atoms with Gasteiger partial charge >= 0.3 is 5.97 Å². The quantitative estimate of drug-likeness (QED) is 0.172. The van der Waals surface area contributed by atoms with Gasteiger partial charge in [-0.2, -0.15) is 0 Å². The minimum Gasteiger partial charge on any atom is -0.502 e. The lowest BCUT2D eigenvalue weighted by molar-refractivity contribution is -0.143. The predicted octanol–water partition coefficient (Wildman–Crippen LogP) is 7.47. The molecule has 3 rings (SSSR count). The Labute approximate surface area is 235 Å². The van der Waals surface area contributed by atoms with E-state index in [2.05, 4.69) is 34.7 Å². The van der Waals surface area contributed by atoms with E-state index in [1.807, 2.05) is 46.0 Å². The van der Waals surface area contributed by atoms with Gasteiger partial charge in [0.2, 0.25) is 0 Å². The Balaban J connectivity index is 0.000000584. The van der Waals surface area contributed by atoms with Crippen LogP contribution < -0.4 is 5.73 Å². The van der Waals surface area contributed by atoms with E-state index in [1.54, 1.807) is 13.3 Å². The van der Waals surface area contributed by atoms with Crippen LogP contribution in [0.5, 0.6) is 0 Å². The molecule has 0 aromatic carbocycles. The molecule has 1 heterocycles. The number of nitrogens with two attached hydrogens (primary N) is 1. The number of nitrogens with zero attached hydrogens (tertiary/aromatic N) is 2. The van der Waals surface area contributed by atoms with Crippen LogP contribution in [-0.4, -0.2) is 34.0 Å². The topological polar surface area (TPSA) is 107 Å². The molecule has 0 radical (unpaired) electrons. The SMILES string of the molecule is C/C=C(\C)OC.CC/C=C/N.CCCCCn1cc(C=O)nc1C1=CC=C2C(=CC1)CCC2C(CC)C(=O)O. The van der Waals surface area contributed by atoms with Gasteiger partial charge in [0.25, 0.3) is 0 Å². The number of aliphatic carboxylic acids is 1. The molecule has 7 nitrogen and oxygen atoms in total. The number of allylic oxidation sites excluding steroid dienone is 9. The number of aldehydes is 1. The minimum absolute atomic E-state index is 0.0826. The third-order valence-corrected chi connectivity index (χ3v) is 7.08. The van der Waals surface area contributed by atoms with Gasteiger partial charge in [-0.1, -0.05) is 64.0 Å². The van der Waals surface area contributed by atoms with Crippen LogP contribution in [0.25, 0.3) is 5.57 Å². The summed E-state index contributed by atoms with van der Waals surface area (Å²) in [6.07, 6.45) is 22.1. The van der Waals surface area contributed by atoms with E-state index >= 15 is 0 Å². The fourth-order valence-electron chi connectivity index (χ4n) is 4.71. The zero-order valence-electron chi connectivity index (χ0n) is 24.8. The first-order valence-corrected chi connectivity index (χ1v) is 14.2. The number of aromatic nitrogens is 2. The number of unbranched alkanes of at least 4 members (excludes halogenated alkanes) is 2. The molecule has 0 saturated heterocycles.